The summed E-state index contributed by atoms with van der Waals surface area (Å²) in [6.07, 6.45) is 5.27. The van der Waals surface area contributed by atoms with Gasteiger partial charge in [0.05, 0.1) is 33.5 Å². The van der Waals surface area contributed by atoms with E-state index < -0.39 is 17.8 Å². The molecule has 8 nitrogen and oxygen atoms in total. The number of hydrogen-bond donors (Lipinski definition) is 2. The van der Waals surface area contributed by atoms with Gasteiger partial charge >= 0.3 is 6.03 Å². The molecule has 0 bridgehead atoms. The molecule has 0 aliphatic carbocycles. The number of pyridine rings is 1. The van der Waals surface area contributed by atoms with Crippen LogP contribution in [-0.2, 0) is 18.3 Å². The number of benzene rings is 2. The molecule has 12 heteroatoms. The van der Waals surface area contributed by atoms with Gasteiger partial charge in [0.2, 0.25) is 5.91 Å². The van der Waals surface area contributed by atoms with Gasteiger partial charge < -0.3 is 14.6 Å². The molecule has 0 fully saturated rings. The molecule has 0 saturated carbocycles. The van der Waals surface area contributed by atoms with Crippen molar-refractivity contribution in [2.24, 2.45) is 7.05 Å². The van der Waals surface area contributed by atoms with Crippen molar-refractivity contribution in [1.82, 2.24) is 19.9 Å². The molecule has 5 aromatic rings. The molecule has 38 heavy (non-hydrogen) atoms. The Morgan fingerprint density at radius 2 is 1.82 bits per heavy atom. The zero-order chi connectivity index (χ0) is 25.1. The molecular formula is C26H22Cl2FN5O3S. The maximum absolute atomic E-state index is 14.8. The van der Waals surface area contributed by atoms with E-state index in [1.165, 1.54) is 23.5 Å². The van der Waals surface area contributed by atoms with Crippen LogP contribution in [0.1, 0.15) is 5.56 Å². The van der Waals surface area contributed by atoms with Crippen molar-refractivity contribution in [2.45, 2.75) is 6.42 Å². The molecule has 2 N–H and O–H groups in total. The average Bonchev–Trinajstić information content (AvgIpc) is 3.48. The van der Waals surface area contributed by atoms with Crippen LogP contribution in [0.5, 0.6) is 11.5 Å². The maximum Gasteiger partial charge on any atom is 0.325 e. The highest BCUT2D eigenvalue weighted by Crippen LogP contribution is 2.39. The third-order valence-electron chi connectivity index (χ3n) is 5.20. The molecule has 0 radical (unpaired) electrons. The van der Waals surface area contributed by atoms with Gasteiger partial charge in [0.25, 0.3) is 0 Å². The second kappa shape index (κ2) is 12.5. The number of ether oxygens (including phenoxy) is 1. The number of urea groups is 1. The topological polar surface area (TPSA) is 98.1 Å². The summed E-state index contributed by atoms with van der Waals surface area (Å²) in [4.78, 5) is 33.9. The van der Waals surface area contributed by atoms with Crippen molar-refractivity contribution < 1.29 is 18.7 Å². The van der Waals surface area contributed by atoms with E-state index >= 15 is 0 Å². The predicted octanol–water partition coefficient (Wildman–Crippen LogP) is 6.36. The second-order valence-electron chi connectivity index (χ2n) is 7.97. The van der Waals surface area contributed by atoms with Gasteiger partial charge in [-0.3, -0.25) is 15.1 Å². The monoisotopic (exact) mass is 573 g/mol. The van der Waals surface area contributed by atoms with Gasteiger partial charge in [-0.25, -0.2) is 14.2 Å². The van der Waals surface area contributed by atoms with Crippen LogP contribution in [-0.4, -0.2) is 26.5 Å². The number of aryl methyl sites for hydroxylation is 1. The van der Waals surface area contributed by atoms with Gasteiger partial charge in [0, 0.05) is 37.3 Å². The van der Waals surface area contributed by atoms with E-state index in [9.17, 15) is 14.0 Å². The number of rotatable bonds is 6. The number of nitrogens with one attached hydrogen (secondary N) is 2. The molecule has 0 saturated heterocycles. The van der Waals surface area contributed by atoms with E-state index in [0.717, 1.165) is 26.9 Å². The highest BCUT2D eigenvalue weighted by molar-refractivity contribution is 7.22. The number of halogens is 3. The summed E-state index contributed by atoms with van der Waals surface area (Å²) >= 11 is 1.45. The van der Waals surface area contributed by atoms with Gasteiger partial charge in [-0.05, 0) is 23.8 Å². The Morgan fingerprint density at radius 1 is 1.03 bits per heavy atom. The molecule has 3 aromatic heterocycles. The lowest BCUT2D eigenvalue weighted by molar-refractivity contribution is -0.119. The van der Waals surface area contributed by atoms with Crippen LogP contribution in [0.4, 0.5) is 14.9 Å². The number of carbonyl (C=O) groups is 2. The molecule has 5 rings (SSSR count). The lowest BCUT2D eigenvalue weighted by Crippen LogP contribution is -2.35. The fourth-order valence-electron chi connectivity index (χ4n) is 3.56. The summed E-state index contributed by atoms with van der Waals surface area (Å²) in [5, 5.41) is 4.69. The van der Waals surface area contributed by atoms with Crippen molar-refractivity contribution in [3.8, 4) is 22.1 Å². The fourth-order valence-corrected chi connectivity index (χ4v) is 4.58. The second-order valence-corrected chi connectivity index (χ2v) is 9.02. The van der Waals surface area contributed by atoms with Gasteiger partial charge in [-0.15, -0.1) is 36.2 Å². The van der Waals surface area contributed by atoms with Crippen molar-refractivity contribution in [3.63, 3.8) is 0 Å². The van der Waals surface area contributed by atoms with Crippen LogP contribution in [0.15, 0.2) is 79.4 Å². The number of imide groups is 1. The van der Waals surface area contributed by atoms with E-state index in [2.05, 4.69) is 20.6 Å². The van der Waals surface area contributed by atoms with Crippen LogP contribution >= 0.6 is 36.2 Å². The lowest BCUT2D eigenvalue weighted by Gasteiger charge is -2.10. The molecule has 3 heterocycles. The van der Waals surface area contributed by atoms with Gasteiger partial charge in [-0.2, -0.15) is 0 Å². The zero-order valence-corrected chi connectivity index (χ0v) is 22.3. The first-order chi connectivity index (χ1) is 17.4. The first kappa shape index (κ1) is 28.6. The van der Waals surface area contributed by atoms with E-state index in [1.54, 1.807) is 30.7 Å². The number of thiophene rings is 1. The number of imidazole rings is 1. The summed E-state index contributed by atoms with van der Waals surface area (Å²) in [5.41, 5.74) is 2.49. The third kappa shape index (κ3) is 6.65. The molecule has 0 spiro atoms. The van der Waals surface area contributed by atoms with Crippen LogP contribution < -0.4 is 15.4 Å². The Bertz CT molecular complexity index is 1580. The fraction of sp³-hybridized carbons (Fsp3) is 0.0769. The standard InChI is InChI=1S/C26H20FN5O3S.2ClH/c1-32-14-20(29-15-32)23-13-19-25(36-23)22(9-10-28-19)35-21-8-7-17(12-18(21)27)30-26(34)31-24(33)11-16-5-3-2-4-6-16;;/h2-10,12-15H,11H2,1H3,(H2,30,31,33,34);2*1H. The highest BCUT2D eigenvalue weighted by atomic mass is 35.5. The van der Waals surface area contributed by atoms with E-state index in [-0.39, 0.29) is 42.7 Å². The Hall–Kier alpha value is -3.99. The van der Waals surface area contributed by atoms with Crippen molar-refractivity contribution in [3.05, 3.63) is 90.8 Å². The maximum atomic E-state index is 14.8. The molecule has 0 aliphatic rings. The summed E-state index contributed by atoms with van der Waals surface area (Å²) in [6.45, 7) is 0. The zero-order valence-electron chi connectivity index (χ0n) is 19.9. The molecule has 196 valence electrons. The van der Waals surface area contributed by atoms with Crippen molar-refractivity contribution >= 4 is 64.0 Å². The van der Waals surface area contributed by atoms with Crippen LogP contribution in [0, 0.1) is 5.82 Å². The largest absolute Gasteiger partial charge is 0.453 e. The van der Waals surface area contributed by atoms with Gasteiger partial charge in [-0.1, -0.05) is 30.3 Å². The number of anilines is 1. The number of nitrogens with zero attached hydrogens (tertiary/aromatic N) is 3. The summed E-state index contributed by atoms with van der Waals surface area (Å²) < 4.78 is 23.3. The van der Waals surface area contributed by atoms with Crippen molar-refractivity contribution in [1.29, 1.82) is 0 Å². The Morgan fingerprint density at radius 3 is 2.53 bits per heavy atom. The summed E-state index contributed by atoms with van der Waals surface area (Å²) in [7, 11) is 1.89. The first-order valence-electron chi connectivity index (χ1n) is 10.9. The van der Waals surface area contributed by atoms with Crippen LogP contribution in [0.2, 0.25) is 0 Å². The molecule has 3 amide bonds. The van der Waals surface area contributed by atoms with E-state index in [0.29, 0.717) is 11.3 Å². The minimum Gasteiger partial charge on any atom is -0.453 e. The number of hydrogen-bond acceptors (Lipinski definition) is 6. The van der Waals surface area contributed by atoms with Crippen LogP contribution in [0.3, 0.4) is 0 Å². The number of amides is 3. The third-order valence-corrected chi connectivity index (χ3v) is 6.36. The predicted molar refractivity (Wildman–Crippen MR) is 150 cm³/mol. The Balaban J connectivity index is 0.00000200. The van der Waals surface area contributed by atoms with Crippen LogP contribution in [0.25, 0.3) is 20.8 Å². The smallest absolute Gasteiger partial charge is 0.325 e. The quantitative estimate of drug-likeness (QED) is 0.246. The molecule has 0 atom stereocenters. The molecule has 0 unspecified atom stereocenters. The van der Waals surface area contributed by atoms with E-state index in [4.69, 9.17) is 4.74 Å². The molecular weight excluding hydrogens is 552 g/mol. The van der Waals surface area contributed by atoms with Gasteiger partial charge in [0.15, 0.2) is 11.6 Å². The normalized spacial score (nSPS) is 10.3. The highest BCUT2D eigenvalue weighted by Gasteiger charge is 2.15. The lowest BCUT2D eigenvalue weighted by atomic mass is 10.1. The average molecular weight is 574 g/mol. The molecule has 2 aromatic carbocycles. The molecule has 0 aliphatic heterocycles. The van der Waals surface area contributed by atoms with Crippen molar-refractivity contribution in [2.75, 3.05) is 5.32 Å². The van der Waals surface area contributed by atoms with E-state index in [1.807, 2.05) is 42.1 Å². The minimum atomic E-state index is -0.750. The van der Waals surface area contributed by atoms with Gasteiger partial charge in [0.1, 0.15) is 5.75 Å². The minimum absolute atomic E-state index is 0. The summed E-state index contributed by atoms with van der Waals surface area (Å²) in [5.74, 6) is -0.700. The number of carbonyl (C=O) groups excluding carboxylic acids is 2. The Labute approximate surface area is 233 Å². The number of aromatic nitrogens is 3. The summed E-state index contributed by atoms with van der Waals surface area (Å²) in [6, 6.07) is 15.9. The first-order valence-corrected chi connectivity index (χ1v) is 11.8. The number of fused-ring (bicyclic) bond motifs is 1. The Kier molecular flexibility index (Phi) is 9.40. The SMILES string of the molecule is Cl.Cl.Cn1cnc(-c2cc3nccc(Oc4ccc(NC(=O)NC(=O)Cc5ccccc5)cc4F)c3s2)c1.